The molecule has 3 rings (SSSR count). The molecule has 1 aliphatic rings. The predicted molar refractivity (Wildman–Crippen MR) is 99.8 cm³/mol. The summed E-state index contributed by atoms with van der Waals surface area (Å²) in [5.74, 6) is -1.26. The van der Waals surface area contributed by atoms with Gasteiger partial charge in [0.2, 0.25) is 0 Å². The Morgan fingerprint density at radius 1 is 1.07 bits per heavy atom. The van der Waals surface area contributed by atoms with Crippen molar-refractivity contribution in [2.45, 2.75) is 23.0 Å². The summed E-state index contributed by atoms with van der Waals surface area (Å²) in [6.45, 7) is 1.68. The zero-order valence-electron chi connectivity index (χ0n) is 15.4. The highest BCUT2D eigenvalue weighted by atomic mass is 32.2. The maximum Gasteiger partial charge on any atom is 0.314 e. The molecule has 27 heavy (non-hydrogen) atoms. The van der Waals surface area contributed by atoms with Gasteiger partial charge < -0.3 is 14.6 Å². The molecule has 1 saturated carbocycles. The molecule has 1 fully saturated rings. The summed E-state index contributed by atoms with van der Waals surface area (Å²) in [7, 11) is -0.953. The number of aliphatic carboxylic acids is 1. The fourth-order valence-corrected chi connectivity index (χ4v) is 6.10. The van der Waals surface area contributed by atoms with Gasteiger partial charge in [-0.15, -0.1) is 0 Å². The van der Waals surface area contributed by atoms with Gasteiger partial charge in [0.05, 0.1) is 23.9 Å². The Hall–Kier alpha value is -2.38. The van der Waals surface area contributed by atoms with Gasteiger partial charge in [-0.2, -0.15) is 0 Å². The minimum atomic E-state index is -3.86. The Balaban J connectivity index is 2.09. The molecule has 1 aliphatic carbocycles. The van der Waals surface area contributed by atoms with Crippen molar-refractivity contribution in [3.8, 4) is 5.75 Å². The average molecular weight is 390 g/mol. The van der Waals surface area contributed by atoms with Crippen LogP contribution >= 0.6 is 0 Å². The summed E-state index contributed by atoms with van der Waals surface area (Å²) >= 11 is 0. The maximum absolute atomic E-state index is 13.3. The van der Waals surface area contributed by atoms with E-state index in [0.717, 1.165) is 5.56 Å². The number of rotatable bonds is 7. The lowest BCUT2D eigenvalue weighted by Crippen LogP contribution is -2.28. The van der Waals surface area contributed by atoms with Crippen molar-refractivity contribution in [1.29, 1.82) is 0 Å². The van der Waals surface area contributed by atoms with Gasteiger partial charge in [0.15, 0.2) is 9.84 Å². The molecule has 0 aliphatic heterocycles. The molecule has 144 valence electrons. The lowest BCUT2D eigenvalue weighted by atomic mass is 10.00. The molecule has 2 aromatic carbocycles. The quantitative estimate of drug-likeness (QED) is 0.782. The number of sulfone groups is 1. The van der Waals surface area contributed by atoms with Crippen LogP contribution < -0.4 is 4.74 Å². The van der Waals surface area contributed by atoms with Crippen LogP contribution in [0.1, 0.15) is 17.0 Å². The summed E-state index contributed by atoms with van der Waals surface area (Å²) in [5.41, 5.74) is 0.0429. The fourth-order valence-electron chi connectivity index (χ4n) is 3.75. The zero-order valence-corrected chi connectivity index (χ0v) is 16.2. The Labute approximate surface area is 158 Å². The van der Waals surface area contributed by atoms with E-state index in [1.165, 1.54) is 26.4 Å². The van der Waals surface area contributed by atoms with Crippen LogP contribution in [0.5, 0.6) is 5.75 Å². The smallest absolute Gasteiger partial charge is 0.314 e. The number of hydrogen-bond acceptors (Lipinski definition) is 5. The number of benzene rings is 2. The molecule has 3 atom stereocenters. The van der Waals surface area contributed by atoms with Gasteiger partial charge in [-0.25, -0.2) is 8.42 Å². The topological polar surface area (TPSA) is 89.9 Å². The second-order valence-corrected chi connectivity index (χ2v) is 8.88. The molecule has 0 aromatic heterocycles. The number of carbonyl (C=O) groups is 1. The second kappa shape index (κ2) is 6.98. The molecular weight excluding hydrogens is 368 g/mol. The molecule has 0 bridgehead atoms. The lowest BCUT2D eigenvalue weighted by Gasteiger charge is -2.12. The van der Waals surface area contributed by atoms with Crippen molar-refractivity contribution in [3.05, 3.63) is 59.7 Å². The van der Waals surface area contributed by atoms with E-state index in [9.17, 15) is 18.3 Å². The Morgan fingerprint density at radius 2 is 1.67 bits per heavy atom. The molecule has 0 amide bonds. The summed E-state index contributed by atoms with van der Waals surface area (Å²) in [6.07, 6.45) is 0. The van der Waals surface area contributed by atoms with Crippen molar-refractivity contribution in [3.63, 3.8) is 0 Å². The number of ether oxygens (including phenoxy) is 2. The molecule has 2 aromatic rings. The minimum absolute atomic E-state index is 0.121. The number of carboxylic acids is 1. The Kier molecular flexibility index (Phi) is 5.01. The predicted octanol–water partition coefficient (Wildman–Crippen LogP) is 2.66. The largest absolute Gasteiger partial charge is 0.497 e. The van der Waals surface area contributed by atoms with Crippen molar-refractivity contribution in [2.75, 3.05) is 20.8 Å². The van der Waals surface area contributed by atoms with Gasteiger partial charge in [0.1, 0.15) is 11.2 Å². The molecular formula is C20H22O6S. The number of hydrogen-bond donors (Lipinski definition) is 1. The minimum Gasteiger partial charge on any atom is -0.497 e. The van der Waals surface area contributed by atoms with Gasteiger partial charge in [0.25, 0.3) is 0 Å². The molecule has 0 spiro atoms. The standard InChI is InChI=1S/C20H22O6S/c1-13-4-10-16(11-5-13)27(23,24)18-17(20(18,12-25-2)19(21)22)14-6-8-15(26-3)9-7-14/h4-11,17-18H,12H2,1-3H3,(H,21,22)/t17-,18-,20-/m0/s1. The Bertz CT molecular complexity index is 933. The third-order valence-corrected chi connectivity index (χ3v) is 7.49. The first-order valence-corrected chi connectivity index (χ1v) is 10.0. The molecule has 1 N–H and O–H groups in total. The van der Waals surface area contributed by atoms with Gasteiger partial charge in [-0.3, -0.25) is 4.79 Å². The van der Waals surface area contributed by atoms with Crippen LogP contribution in [0, 0.1) is 12.3 Å². The monoisotopic (exact) mass is 390 g/mol. The van der Waals surface area contributed by atoms with Crippen molar-refractivity contribution in [2.24, 2.45) is 5.41 Å². The van der Waals surface area contributed by atoms with E-state index in [-0.39, 0.29) is 11.5 Å². The third-order valence-electron chi connectivity index (χ3n) is 5.20. The molecule has 0 unspecified atom stereocenters. The first-order chi connectivity index (χ1) is 12.8. The van der Waals surface area contributed by atoms with Crippen LogP contribution in [0.15, 0.2) is 53.4 Å². The van der Waals surface area contributed by atoms with E-state index in [4.69, 9.17) is 9.47 Å². The normalized spacial score (nSPS) is 24.4. The third kappa shape index (κ3) is 3.11. The number of methoxy groups -OCH3 is 2. The van der Waals surface area contributed by atoms with Crippen LogP contribution in [-0.2, 0) is 19.4 Å². The molecule has 6 nitrogen and oxygen atoms in total. The second-order valence-electron chi connectivity index (χ2n) is 6.81. The van der Waals surface area contributed by atoms with E-state index in [1.807, 2.05) is 6.92 Å². The molecule has 0 saturated heterocycles. The van der Waals surface area contributed by atoms with E-state index in [2.05, 4.69) is 0 Å². The van der Waals surface area contributed by atoms with E-state index >= 15 is 0 Å². The van der Waals surface area contributed by atoms with Crippen molar-refractivity contribution < 1.29 is 27.8 Å². The zero-order chi connectivity index (χ0) is 19.8. The van der Waals surface area contributed by atoms with E-state index in [0.29, 0.717) is 11.3 Å². The average Bonchev–Trinajstić information content (AvgIpc) is 3.33. The summed E-state index contributed by atoms with van der Waals surface area (Å²) < 4.78 is 36.8. The highest BCUT2D eigenvalue weighted by Gasteiger charge is 2.76. The number of aryl methyl sites for hydroxylation is 1. The molecule has 0 radical (unpaired) electrons. The fraction of sp³-hybridized carbons (Fsp3) is 0.350. The molecule has 7 heteroatoms. The van der Waals surface area contributed by atoms with Crippen molar-refractivity contribution >= 4 is 15.8 Å². The lowest BCUT2D eigenvalue weighted by molar-refractivity contribution is -0.145. The van der Waals surface area contributed by atoms with Crippen LogP contribution in [0.3, 0.4) is 0 Å². The SMILES string of the molecule is COC[C@]1(C(=O)O)[C@@H](c2ccc(OC)cc2)[C@@H]1S(=O)(=O)c1ccc(C)cc1. The van der Waals surface area contributed by atoms with Crippen LogP contribution in [0.25, 0.3) is 0 Å². The van der Waals surface area contributed by atoms with Crippen molar-refractivity contribution in [1.82, 2.24) is 0 Å². The first-order valence-electron chi connectivity index (χ1n) is 8.46. The summed E-state index contributed by atoms with van der Waals surface area (Å²) in [4.78, 5) is 12.3. The Morgan fingerprint density at radius 3 is 2.15 bits per heavy atom. The van der Waals surface area contributed by atoms with Gasteiger partial charge in [-0.1, -0.05) is 29.8 Å². The van der Waals surface area contributed by atoms with Gasteiger partial charge >= 0.3 is 5.97 Å². The van der Waals surface area contributed by atoms with E-state index in [1.54, 1.807) is 36.4 Å². The molecule has 0 heterocycles. The van der Waals surface area contributed by atoms with E-state index < -0.39 is 32.4 Å². The first kappa shape index (κ1) is 19.4. The summed E-state index contributed by atoms with van der Waals surface area (Å²) in [5, 5.41) is 8.82. The highest BCUT2D eigenvalue weighted by Crippen LogP contribution is 2.64. The van der Waals surface area contributed by atoms with Crippen LogP contribution in [0.2, 0.25) is 0 Å². The van der Waals surface area contributed by atoms with Crippen LogP contribution in [-0.4, -0.2) is 45.6 Å². The highest BCUT2D eigenvalue weighted by molar-refractivity contribution is 7.92. The summed E-state index contributed by atoms with van der Waals surface area (Å²) in [6, 6.07) is 13.3. The maximum atomic E-state index is 13.3. The van der Waals surface area contributed by atoms with Crippen LogP contribution in [0.4, 0.5) is 0 Å². The number of carboxylic acid groups (broad SMARTS) is 1. The van der Waals surface area contributed by atoms with Gasteiger partial charge in [0, 0.05) is 13.0 Å². The van der Waals surface area contributed by atoms with Gasteiger partial charge in [-0.05, 0) is 36.8 Å².